The second kappa shape index (κ2) is 12.2. The molecule has 0 bridgehead atoms. The Kier molecular flexibility index (Phi) is 8.94. The molecule has 38 heavy (non-hydrogen) atoms. The van der Waals surface area contributed by atoms with Crippen molar-refractivity contribution in [1.82, 2.24) is 10.2 Å². The van der Waals surface area contributed by atoms with E-state index in [0.29, 0.717) is 18.1 Å². The van der Waals surface area contributed by atoms with Gasteiger partial charge in [-0.2, -0.15) is 0 Å². The van der Waals surface area contributed by atoms with E-state index >= 15 is 0 Å². The van der Waals surface area contributed by atoms with Gasteiger partial charge in [0.25, 0.3) is 0 Å². The lowest BCUT2D eigenvalue weighted by molar-refractivity contribution is 0.191. The summed E-state index contributed by atoms with van der Waals surface area (Å²) in [6.07, 6.45) is 1.19. The minimum atomic E-state index is -3.29. The minimum absolute atomic E-state index is 0. The summed E-state index contributed by atoms with van der Waals surface area (Å²) < 4.78 is 36.1. The van der Waals surface area contributed by atoms with Gasteiger partial charge in [0, 0.05) is 49.9 Å². The zero-order valence-electron chi connectivity index (χ0n) is 21.1. The van der Waals surface area contributed by atoms with Gasteiger partial charge in [0.2, 0.25) is 0 Å². The molecule has 0 aliphatic carbocycles. The van der Waals surface area contributed by atoms with Gasteiger partial charge in [-0.25, -0.2) is 8.42 Å². The van der Waals surface area contributed by atoms with E-state index in [1.54, 1.807) is 36.4 Å². The largest absolute Gasteiger partial charge is 0.508 e. The highest BCUT2D eigenvalue weighted by atomic mass is 79.9. The van der Waals surface area contributed by atoms with Crippen LogP contribution in [0.5, 0.6) is 23.0 Å². The fourth-order valence-electron chi connectivity index (χ4n) is 4.46. The number of phenols is 1. The van der Waals surface area contributed by atoms with E-state index in [1.807, 2.05) is 42.5 Å². The van der Waals surface area contributed by atoms with Crippen molar-refractivity contribution in [1.29, 1.82) is 0 Å². The molecule has 0 unspecified atom stereocenters. The number of sulfone groups is 1. The van der Waals surface area contributed by atoms with Crippen LogP contribution in [0.25, 0.3) is 21.9 Å². The monoisotopic (exact) mass is 598 g/mol. The number of ether oxygens (including phenoxy) is 2. The lowest BCUT2D eigenvalue weighted by Gasteiger charge is -2.26. The Morgan fingerprint density at radius 1 is 0.895 bits per heavy atom. The van der Waals surface area contributed by atoms with Gasteiger partial charge in [0.15, 0.2) is 9.84 Å². The molecule has 2 N–H and O–H groups in total. The van der Waals surface area contributed by atoms with E-state index in [4.69, 9.17) is 9.47 Å². The highest BCUT2D eigenvalue weighted by molar-refractivity contribution is 8.93. The first kappa shape index (κ1) is 27.9. The average molecular weight is 600 g/mol. The Balaban J connectivity index is 0.00000336. The van der Waals surface area contributed by atoms with Gasteiger partial charge in [-0.1, -0.05) is 18.2 Å². The smallest absolute Gasteiger partial charge is 0.175 e. The quantitative estimate of drug-likeness (QED) is 0.285. The van der Waals surface area contributed by atoms with Crippen molar-refractivity contribution in [3.8, 4) is 34.1 Å². The van der Waals surface area contributed by atoms with Crippen LogP contribution in [0.4, 0.5) is 0 Å². The molecule has 0 spiro atoms. The van der Waals surface area contributed by atoms with E-state index in [2.05, 4.69) is 10.2 Å². The van der Waals surface area contributed by atoms with Gasteiger partial charge >= 0.3 is 0 Å². The number of phenolic OH excluding ortho intramolecular Hbond substituents is 1. The van der Waals surface area contributed by atoms with E-state index in [-0.39, 0.29) is 27.6 Å². The molecule has 0 amide bonds. The molecule has 1 heterocycles. The van der Waals surface area contributed by atoms with Crippen LogP contribution in [-0.4, -0.2) is 64.0 Å². The molecule has 0 saturated carbocycles. The van der Waals surface area contributed by atoms with Crippen LogP contribution < -0.4 is 14.8 Å². The molecule has 4 aromatic rings. The first-order chi connectivity index (χ1) is 17.9. The molecule has 0 aromatic heterocycles. The fraction of sp³-hybridized carbons (Fsp3) is 0.241. The van der Waals surface area contributed by atoms with Crippen LogP contribution in [0, 0.1) is 0 Å². The van der Waals surface area contributed by atoms with Crippen LogP contribution in [-0.2, 0) is 9.84 Å². The van der Waals surface area contributed by atoms with Crippen molar-refractivity contribution in [3.05, 3.63) is 78.9 Å². The molecule has 4 aromatic carbocycles. The molecule has 0 radical (unpaired) electrons. The summed E-state index contributed by atoms with van der Waals surface area (Å²) >= 11 is 0. The van der Waals surface area contributed by atoms with E-state index < -0.39 is 9.84 Å². The van der Waals surface area contributed by atoms with Crippen LogP contribution in [0.2, 0.25) is 0 Å². The van der Waals surface area contributed by atoms with Gasteiger partial charge in [-0.05, 0) is 71.6 Å². The Bertz CT molecular complexity index is 1490. The maximum Gasteiger partial charge on any atom is 0.175 e. The van der Waals surface area contributed by atoms with E-state index in [0.717, 1.165) is 60.4 Å². The summed E-state index contributed by atoms with van der Waals surface area (Å²) in [4.78, 5) is 2.65. The first-order valence-corrected chi connectivity index (χ1v) is 14.2. The second-order valence-electron chi connectivity index (χ2n) is 9.16. The predicted molar refractivity (Wildman–Crippen MR) is 156 cm³/mol. The molecule has 1 fully saturated rings. The second-order valence-corrected chi connectivity index (χ2v) is 11.2. The van der Waals surface area contributed by atoms with Gasteiger partial charge in [-0.3, -0.25) is 4.90 Å². The molecule has 7 nitrogen and oxygen atoms in total. The number of aromatic hydroxyl groups is 1. The van der Waals surface area contributed by atoms with Crippen LogP contribution in [0.3, 0.4) is 0 Å². The molecular formula is C29H31BrN2O5S. The summed E-state index contributed by atoms with van der Waals surface area (Å²) in [7, 11) is -3.29. The summed E-state index contributed by atoms with van der Waals surface area (Å²) in [6, 6.07) is 23.2. The zero-order chi connectivity index (χ0) is 25.8. The van der Waals surface area contributed by atoms with Crippen LogP contribution in [0.1, 0.15) is 0 Å². The number of halogens is 1. The Hall–Kier alpha value is -3.11. The Morgan fingerprint density at radius 3 is 2.26 bits per heavy atom. The summed E-state index contributed by atoms with van der Waals surface area (Å²) in [5.41, 5.74) is 1.64. The first-order valence-electron chi connectivity index (χ1n) is 12.3. The third kappa shape index (κ3) is 6.66. The van der Waals surface area contributed by atoms with E-state index in [1.165, 1.54) is 6.26 Å². The topological polar surface area (TPSA) is 88.1 Å². The molecular weight excluding hydrogens is 568 g/mol. The number of fused-ring (bicyclic) bond motifs is 1. The van der Waals surface area contributed by atoms with Crippen molar-refractivity contribution in [2.24, 2.45) is 0 Å². The fourth-order valence-corrected chi connectivity index (χ4v) is 5.09. The maximum atomic E-state index is 11.9. The third-order valence-corrected chi connectivity index (χ3v) is 7.61. The van der Waals surface area contributed by atoms with Crippen molar-refractivity contribution in [2.45, 2.75) is 4.90 Å². The predicted octanol–water partition coefficient (Wildman–Crippen LogP) is 5.27. The van der Waals surface area contributed by atoms with Gasteiger partial charge < -0.3 is 19.9 Å². The van der Waals surface area contributed by atoms with Crippen LogP contribution in [0.15, 0.2) is 83.8 Å². The normalized spacial score (nSPS) is 14.1. The number of nitrogens with zero attached hydrogens (tertiary/aromatic N) is 1. The molecule has 200 valence electrons. The molecule has 1 aliphatic heterocycles. The van der Waals surface area contributed by atoms with Gasteiger partial charge in [0.1, 0.15) is 29.6 Å². The number of hydrogen-bond donors (Lipinski definition) is 2. The van der Waals surface area contributed by atoms with Crippen LogP contribution >= 0.6 is 17.0 Å². The van der Waals surface area contributed by atoms with Crippen molar-refractivity contribution >= 4 is 37.6 Å². The average Bonchev–Trinajstić information content (AvgIpc) is 2.90. The number of rotatable bonds is 8. The maximum absolute atomic E-state index is 11.9. The van der Waals surface area contributed by atoms with Crippen molar-refractivity contribution in [3.63, 3.8) is 0 Å². The highest BCUT2D eigenvalue weighted by Gasteiger charge is 2.15. The SMILES string of the molecule is Br.CS(=O)(=O)c1ccc(-c2ccc3cc(O)ccc3c2Oc2ccc(OCCN3CCNCC3)cc2)cc1. The Morgan fingerprint density at radius 2 is 1.58 bits per heavy atom. The molecule has 1 aliphatic rings. The Labute approximate surface area is 233 Å². The lowest BCUT2D eigenvalue weighted by atomic mass is 9.99. The van der Waals surface area contributed by atoms with Gasteiger partial charge in [0.05, 0.1) is 4.90 Å². The zero-order valence-corrected chi connectivity index (χ0v) is 23.6. The highest BCUT2D eigenvalue weighted by Crippen LogP contribution is 2.41. The summed E-state index contributed by atoms with van der Waals surface area (Å²) in [6.45, 7) is 5.63. The standard InChI is InChI=1S/C29H30N2O5S.BrH/c1-37(33,34)26-10-2-21(3-11-26)27-12-4-22-20-23(32)5-13-28(22)29(27)36-25-8-6-24(7-9-25)35-19-18-31-16-14-30-15-17-31;/h2-13,20,30,32H,14-19H2,1H3;1H. The lowest BCUT2D eigenvalue weighted by Crippen LogP contribution is -2.44. The summed E-state index contributed by atoms with van der Waals surface area (Å²) in [5.74, 6) is 2.22. The third-order valence-electron chi connectivity index (χ3n) is 6.48. The number of piperazine rings is 1. The van der Waals surface area contributed by atoms with E-state index in [9.17, 15) is 13.5 Å². The number of nitrogens with one attached hydrogen (secondary N) is 1. The van der Waals surface area contributed by atoms with Crippen molar-refractivity contribution < 1.29 is 23.0 Å². The van der Waals surface area contributed by atoms with Crippen molar-refractivity contribution in [2.75, 3.05) is 45.6 Å². The molecule has 1 saturated heterocycles. The summed E-state index contributed by atoms with van der Waals surface area (Å²) in [5, 5.41) is 15.0. The minimum Gasteiger partial charge on any atom is -0.508 e. The molecule has 9 heteroatoms. The molecule has 5 rings (SSSR count). The number of hydrogen-bond acceptors (Lipinski definition) is 7. The van der Waals surface area contributed by atoms with Gasteiger partial charge in [-0.15, -0.1) is 17.0 Å². The molecule has 0 atom stereocenters. The number of benzene rings is 4.